The van der Waals surface area contributed by atoms with Crippen molar-refractivity contribution in [3.05, 3.63) is 64.9 Å². The van der Waals surface area contributed by atoms with Crippen LogP contribution in [0.4, 0.5) is 0 Å². The number of hydrogen-bond donors (Lipinski definition) is 2. The van der Waals surface area contributed by atoms with Crippen LogP contribution < -0.4 is 9.64 Å². The molecule has 4 heteroatoms. The molecule has 2 aromatic rings. The lowest BCUT2D eigenvalue weighted by Gasteiger charge is -2.30. The van der Waals surface area contributed by atoms with Gasteiger partial charge in [-0.2, -0.15) is 0 Å². The molecule has 2 aliphatic rings. The predicted octanol–water partition coefficient (Wildman–Crippen LogP) is 2.97. The van der Waals surface area contributed by atoms with Gasteiger partial charge in [-0.25, -0.2) is 0 Å². The number of nitrogens with one attached hydrogen (secondary N) is 1. The molecular weight excluding hydrogens is 326 g/mol. The van der Waals surface area contributed by atoms with Crippen LogP contribution in [0.5, 0.6) is 11.5 Å². The fraction of sp³-hybridized carbons (Fsp3) is 0.318. The van der Waals surface area contributed by atoms with Crippen molar-refractivity contribution in [2.45, 2.75) is 38.8 Å². The van der Waals surface area contributed by atoms with E-state index >= 15 is 0 Å². The van der Waals surface area contributed by atoms with Crippen molar-refractivity contribution in [2.24, 2.45) is 0 Å². The number of carbonyl (C=O) groups excluding carboxylic acids is 1. The first kappa shape index (κ1) is 16.9. The van der Waals surface area contributed by atoms with Crippen LogP contribution >= 0.6 is 0 Å². The monoisotopic (exact) mass is 350 g/mol. The zero-order valence-corrected chi connectivity index (χ0v) is 15.0. The van der Waals surface area contributed by atoms with Gasteiger partial charge in [-0.3, -0.25) is 4.79 Å². The quantitative estimate of drug-likeness (QED) is 0.837. The van der Waals surface area contributed by atoms with E-state index in [-0.39, 0.29) is 11.5 Å². The number of phenolic OH excluding ortho intramolecular Hbond substituents is 1. The molecule has 4 rings (SSSR count). The van der Waals surface area contributed by atoms with E-state index < -0.39 is 0 Å². The number of ether oxygens (including phenoxy) is 1. The minimum absolute atomic E-state index is 0.119. The Labute approximate surface area is 153 Å². The van der Waals surface area contributed by atoms with Gasteiger partial charge in [-0.15, -0.1) is 0 Å². The summed E-state index contributed by atoms with van der Waals surface area (Å²) in [6.45, 7) is 4.02. The Balaban J connectivity index is 1.66. The molecule has 1 saturated heterocycles. The van der Waals surface area contributed by atoms with Gasteiger partial charge in [0.05, 0.1) is 23.7 Å². The Morgan fingerprint density at radius 2 is 2.00 bits per heavy atom. The Kier molecular flexibility index (Phi) is 4.51. The number of phenols is 1. The highest BCUT2D eigenvalue weighted by Gasteiger charge is 2.33. The van der Waals surface area contributed by atoms with E-state index in [1.807, 2.05) is 30.3 Å². The van der Waals surface area contributed by atoms with E-state index in [2.05, 4.69) is 6.92 Å². The molecule has 2 aromatic carbocycles. The smallest absolute Gasteiger partial charge is 0.231 e. The number of carbonyl (C=O) groups is 1. The van der Waals surface area contributed by atoms with Gasteiger partial charge in [0, 0.05) is 0 Å². The maximum absolute atomic E-state index is 12.7. The van der Waals surface area contributed by atoms with Gasteiger partial charge < -0.3 is 14.7 Å². The number of fused-ring (bicyclic) bond motifs is 1. The van der Waals surface area contributed by atoms with Crippen LogP contribution in [0.2, 0.25) is 0 Å². The third kappa shape index (κ3) is 3.13. The van der Waals surface area contributed by atoms with Gasteiger partial charge in [0.15, 0.2) is 11.5 Å². The number of rotatable bonds is 3. The van der Waals surface area contributed by atoms with Crippen LogP contribution in [-0.2, 0) is 6.54 Å². The molecule has 2 atom stereocenters. The van der Waals surface area contributed by atoms with Crippen molar-refractivity contribution in [2.75, 3.05) is 6.54 Å². The first-order chi connectivity index (χ1) is 12.6. The highest BCUT2D eigenvalue weighted by atomic mass is 16.5. The fourth-order valence-electron chi connectivity index (χ4n) is 3.91. The minimum Gasteiger partial charge on any atom is -0.507 e. The molecule has 0 bridgehead atoms. The molecule has 0 amide bonds. The Bertz CT molecular complexity index is 857. The standard InChI is InChI=1S/C22H23NO3/c1-15-7-5-6-12-23(15)14-18-19(24)11-10-17-21(25)20(26-22(17)18)13-16-8-3-2-4-9-16/h2-4,8-11,13,15,24H,5-7,12,14H2,1H3/p+1/b20-13-/t15-/m1/s1. The Hall–Kier alpha value is -2.59. The summed E-state index contributed by atoms with van der Waals surface area (Å²) in [5, 5.41) is 10.4. The lowest BCUT2D eigenvalue weighted by atomic mass is 10.0. The molecule has 1 unspecified atom stereocenters. The fourth-order valence-corrected chi connectivity index (χ4v) is 3.91. The van der Waals surface area contributed by atoms with Gasteiger partial charge >= 0.3 is 0 Å². The van der Waals surface area contributed by atoms with E-state index in [1.165, 1.54) is 24.2 Å². The normalized spacial score (nSPS) is 23.7. The predicted molar refractivity (Wildman–Crippen MR) is 100 cm³/mol. The van der Waals surface area contributed by atoms with Crippen LogP contribution in [0.15, 0.2) is 48.2 Å². The number of Topliss-reactive ketones (excluding diaryl/α,β-unsaturated/α-hetero) is 1. The van der Waals surface area contributed by atoms with Crippen molar-refractivity contribution in [3.63, 3.8) is 0 Å². The average molecular weight is 350 g/mol. The average Bonchev–Trinajstić information content (AvgIpc) is 2.96. The summed E-state index contributed by atoms with van der Waals surface area (Å²) in [7, 11) is 0. The summed E-state index contributed by atoms with van der Waals surface area (Å²) in [6, 6.07) is 13.5. The van der Waals surface area contributed by atoms with Gasteiger partial charge in [0.1, 0.15) is 12.3 Å². The second kappa shape index (κ2) is 6.96. The molecule has 0 radical (unpaired) electrons. The van der Waals surface area contributed by atoms with E-state index in [4.69, 9.17) is 4.74 Å². The first-order valence-corrected chi connectivity index (χ1v) is 9.32. The topological polar surface area (TPSA) is 51.0 Å². The minimum atomic E-state index is -0.119. The second-order valence-corrected chi connectivity index (χ2v) is 7.27. The summed E-state index contributed by atoms with van der Waals surface area (Å²) < 4.78 is 5.95. The number of quaternary nitrogens is 1. The maximum atomic E-state index is 12.7. The molecule has 2 heterocycles. The Morgan fingerprint density at radius 3 is 2.77 bits per heavy atom. The molecule has 134 valence electrons. The number of piperidine rings is 1. The summed E-state index contributed by atoms with van der Waals surface area (Å²) in [4.78, 5) is 14.2. The van der Waals surface area contributed by atoms with Gasteiger partial charge in [-0.1, -0.05) is 30.3 Å². The zero-order chi connectivity index (χ0) is 18.1. The third-order valence-corrected chi connectivity index (χ3v) is 5.50. The van der Waals surface area contributed by atoms with Crippen molar-refractivity contribution in [1.82, 2.24) is 0 Å². The van der Waals surface area contributed by atoms with Crippen molar-refractivity contribution in [3.8, 4) is 11.5 Å². The SMILES string of the molecule is C[C@@H]1CCCC[NH+]1Cc1c(O)ccc2c1O/C(=C\c1ccccc1)C2=O. The number of aromatic hydroxyl groups is 1. The molecule has 0 aliphatic carbocycles. The lowest BCUT2D eigenvalue weighted by molar-refractivity contribution is -0.941. The molecule has 2 aliphatic heterocycles. The number of ketones is 1. The number of likely N-dealkylation sites (tertiary alicyclic amines) is 1. The van der Waals surface area contributed by atoms with Crippen LogP contribution in [0.3, 0.4) is 0 Å². The van der Waals surface area contributed by atoms with E-state index in [0.717, 1.165) is 17.7 Å². The van der Waals surface area contributed by atoms with E-state index in [0.29, 0.717) is 29.7 Å². The molecule has 1 fully saturated rings. The number of hydrogen-bond acceptors (Lipinski definition) is 3. The molecule has 0 saturated carbocycles. The van der Waals surface area contributed by atoms with Crippen molar-refractivity contribution < 1.29 is 19.5 Å². The van der Waals surface area contributed by atoms with Crippen LogP contribution in [0, 0.1) is 0 Å². The van der Waals surface area contributed by atoms with Crippen molar-refractivity contribution in [1.29, 1.82) is 0 Å². The molecule has 26 heavy (non-hydrogen) atoms. The van der Waals surface area contributed by atoms with Gasteiger partial charge in [-0.05, 0) is 50.0 Å². The van der Waals surface area contributed by atoms with Gasteiger partial charge in [0.25, 0.3) is 0 Å². The summed E-state index contributed by atoms with van der Waals surface area (Å²) in [5.41, 5.74) is 2.21. The van der Waals surface area contributed by atoms with E-state index in [1.54, 1.807) is 18.2 Å². The highest BCUT2D eigenvalue weighted by Crippen LogP contribution is 2.39. The summed E-state index contributed by atoms with van der Waals surface area (Å²) in [5.74, 6) is 0.941. The number of allylic oxidation sites excluding steroid dienone is 1. The van der Waals surface area contributed by atoms with Crippen LogP contribution in [-0.4, -0.2) is 23.5 Å². The zero-order valence-electron chi connectivity index (χ0n) is 15.0. The first-order valence-electron chi connectivity index (χ1n) is 9.32. The molecular formula is C22H24NO3+. The summed E-state index contributed by atoms with van der Waals surface area (Å²) >= 11 is 0. The Morgan fingerprint density at radius 1 is 1.19 bits per heavy atom. The largest absolute Gasteiger partial charge is 0.507 e. The molecule has 4 nitrogen and oxygen atoms in total. The van der Waals surface area contributed by atoms with Crippen LogP contribution in [0.1, 0.15) is 47.7 Å². The van der Waals surface area contributed by atoms with Crippen molar-refractivity contribution >= 4 is 11.9 Å². The second-order valence-electron chi connectivity index (χ2n) is 7.27. The molecule has 0 aromatic heterocycles. The third-order valence-electron chi connectivity index (χ3n) is 5.50. The van der Waals surface area contributed by atoms with Gasteiger partial charge in [0.2, 0.25) is 5.78 Å². The van der Waals surface area contributed by atoms with E-state index in [9.17, 15) is 9.90 Å². The lowest BCUT2D eigenvalue weighted by Crippen LogP contribution is -3.14. The highest BCUT2D eigenvalue weighted by molar-refractivity contribution is 6.14. The maximum Gasteiger partial charge on any atom is 0.231 e. The number of benzene rings is 2. The molecule has 2 N–H and O–H groups in total. The summed E-state index contributed by atoms with van der Waals surface area (Å²) in [6.07, 6.45) is 5.43. The molecule has 0 spiro atoms. The van der Waals surface area contributed by atoms with Crippen LogP contribution in [0.25, 0.3) is 6.08 Å².